The number of carbonyl (C=O) groups is 2. The predicted octanol–water partition coefficient (Wildman–Crippen LogP) is 2.43. The maximum atomic E-state index is 12.7. The Labute approximate surface area is 143 Å². The summed E-state index contributed by atoms with van der Waals surface area (Å²) in [6.07, 6.45) is 1.03. The first kappa shape index (κ1) is 17.7. The Balaban J connectivity index is 2.09. The van der Waals surface area contributed by atoms with Crippen molar-refractivity contribution in [3.8, 4) is 0 Å². The molecule has 0 aromatic heterocycles. The molecule has 0 aliphatic rings. The molecule has 2 rings (SSSR count). The molecule has 2 aromatic carbocycles. The van der Waals surface area contributed by atoms with Crippen molar-refractivity contribution in [2.75, 3.05) is 13.6 Å². The van der Waals surface area contributed by atoms with Gasteiger partial charge in [-0.05, 0) is 24.5 Å². The number of amides is 2. The molecule has 1 atom stereocenters. The van der Waals surface area contributed by atoms with Crippen molar-refractivity contribution in [3.63, 3.8) is 0 Å². The van der Waals surface area contributed by atoms with E-state index in [9.17, 15) is 9.59 Å². The van der Waals surface area contributed by atoms with Gasteiger partial charge in [0.2, 0.25) is 11.8 Å². The minimum Gasteiger partial charge on any atom is -0.357 e. The van der Waals surface area contributed by atoms with E-state index in [0.29, 0.717) is 13.0 Å². The molecule has 0 radical (unpaired) electrons. The van der Waals surface area contributed by atoms with E-state index in [1.165, 1.54) is 0 Å². The van der Waals surface area contributed by atoms with E-state index in [1.807, 2.05) is 60.7 Å². The fourth-order valence-corrected chi connectivity index (χ4v) is 2.65. The molecule has 4 nitrogen and oxygen atoms in total. The van der Waals surface area contributed by atoms with Crippen LogP contribution in [0.2, 0.25) is 0 Å². The lowest BCUT2D eigenvalue weighted by Crippen LogP contribution is -2.48. The lowest BCUT2D eigenvalue weighted by atomic mass is 10.1. The molecular weight excluding hydrogens is 300 g/mol. The zero-order valence-electron chi connectivity index (χ0n) is 14.2. The van der Waals surface area contributed by atoms with Crippen LogP contribution in [0, 0.1) is 0 Å². The molecule has 0 heterocycles. The van der Waals surface area contributed by atoms with E-state index in [-0.39, 0.29) is 11.8 Å². The van der Waals surface area contributed by atoms with Crippen LogP contribution in [0.15, 0.2) is 60.7 Å². The van der Waals surface area contributed by atoms with Crippen molar-refractivity contribution < 1.29 is 9.59 Å². The molecule has 2 aromatic rings. The van der Waals surface area contributed by atoms with Gasteiger partial charge < -0.3 is 10.2 Å². The van der Waals surface area contributed by atoms with Crippen molar-refractivity contribution in [3.05, 3.63) is 71.8 Å². The molecular formula is C20H24N2O2. The van der Waals surface area contributed by atoms with Crippen molar-refractivity contribution in [2.24, 2.45) is 0 Å². The summed E-state index contributed by atoms with van der Waals surface area (Å²) >= 11 is 0. The largest absolute Gasteiger partial charge is 0.357 e. The standard InChI is InChI=1S/C20H24N2O2/c1-16(20(24)21-2)22(14-13-17-9-5-3-6-10-17)19(23)15-18-11-7-4-8-12-18/h3-12,16H,13-15H2,1-2H3,(H,21,24). The number of nitrogens with zero attached hydrogens (tertiary/aromatic N) is 1. The van der Waals surface area contributed by atoms with Crippen LogP contribution < -0.4 is 5.32 Å². The zero-order chi connectivity index (χ0) is 17.4. The first-order valence-electron chi connectivity index (χ1n) is 8.20. The molecule has 24 heavy (non-hydrogen) atoms. The summed E-state index contributed by atoms with van der Waals surface area (Å²) < 4.78 is 0. The predicted molar refractivity (Wildman–Crippen MR) is 95.5 cm³/mol. The van der Waals surface area contributed by atoms with Crippen LogP contribution in [0.4, 0.5) is 0 Å². The molecule has 0 saturated carbocycles. The number of rotatable bonds is 7. The van der Waals surface area contributed by atoms with Crippen LogP contribution in [0.1, 0.15) is 18.1 Å². The summed E-state index contributed by atoms with van der Waals surface area (Å²) in [6.45, 7) is 2.29. The molecule has 0 spiro atoms. The first-order chi connectivity index (χ1) is 11.6. The van der Waals surface area contributed by atoms with Gasteiger partial charge in [0.15, 0.2) is 0 Å². The van der Waals surface area contributed by atoms with Gasteiger partial charge in [-0.15, -0.1) is 0 Å². The van der Waals surface area contributed by atoms with Crippen LogP contribution in [0.3, 0.4) is 0 Å². The summed E-state index contributed by atoms with van der Waals surface area (Å²) in [6, 6.07) is 19.1. The van der Waals surface area contributed by atoms with Crippen molar-refractivity contribution in [1.82, 2.24) is 10.2 Å². The lowest BCUT2D eigenvalue weighted by Gasteiger charge is -2.28. The highest BCUT2D eigenvalue weighted by Crippen LogP contribution is 2.09. The Morgan fingerprint density at radius 2 is 1.50 bits per heavy atom. The second-order valence-electron chi connectivity index (χ2n) is 5.78. The first-order valence-corrected chi connectivity index (χ1v) is 8.20. The van der Waals surface area contributed by atoms with Gasteiger partial charge in [0.05, 0.1) is 6.42 Å². The number of benzene rings is 2. The van der Waals surface area contributed by atoms with E-state index >= 15 is 0 Å². The number of likely N-dealkylation sites (N-methyl/N-ethyl adjacent to an activating group) is 1. The maximum absolute atomic E-state index is 12.7. The zero-order valence-corrected chi connectivity index (χ0v) is 14.2. The number of carbonyl (C=O) groups excluding carboxylic acids is 2. The molecule has 0 fully saturated rings. The van der Waals surface area contributed by atoms with Crippen molar-refractivity contribution in [1.29, 1.82) is 0 Å². The Hall–Kier alpha value is -2.62. The highest BCUT2D eigenvalue weighted by Gasteiger charge is 2.24. The van der Waals surface area contributed by atoms with Gasteiger partial charge in [-0.1, -0.05) is 60.7 Å². The fraction of sp³-hybridized carbons (Fsp3) is 0.300. The van der Waals surface area contributed by atoms with E-state index in [1.54, 1.807) is 18.9 Å². The van der Waals surface area contributed by atoms with Crippen LogP contribution in [0.25, 0.3) is 0 Å². The van der Waals surface area contributed by atoms with Gasteiger partial charge in [0.1, 0.15) is 6.04 Å². The molecule has 0 aliphatic heterocycles. The van der Waals surface area contributed by atoms with Crippen LogP contribution in [0.5, 0.6) is 0 Å². The van der Waals surface area contributed by atoms with Gasteiger partial charge in [-0.25, -0.2) is 0 Å². The highest BCUT2D eigenvalue weighted by atomic mass is 16.2. The number of nitrogens with one attached hydrogen (secondary N) is 1. The topological polar surface area (TPSA) is 49.4 Å². The van der Waals surface area contributed by atoms with Gasteiger partial charge in [-0.2, -0.15) is 0 Å². The van der Waals surface area contributed by atoms with E-state index < -0.39 is 6.04 Å². The summed E-state index contributed by atoms with van der Waals surface area (Å²) in [5.41, 5.74) is 2.11. The van der Waals surface area contributed by atoms with E-state index in [2.05, 4.69) is 5.32 Å². The fourth-order valence-electron chi connectivity index (χ4n) is 2.65. The number of hydrogen-bond acceptors (Lipinski definition) is 2. The monoisotopic (exact) mass is 324 g/mol. The van der Waals surface area contributed by atoms with Crippen molar-refractivity contribution in [2.45, 2.75) is 25.8 Å². The molecule has 2 amide bonds. The third-order valence-corrected chi connectivity index (χ3v) is 4.10. The molecule has 126 valence electrons. The maximum Gasteiger partial charge on any atom is 0.242 e. The third-order valence-electron chi connectivity index (χ3n) is 4.10. The van der Waals surface area contributed by atoms with Gasteiger partial charge >= 0.3 is 0 Å². The Morgan fingerprint density at radius 3 is 2.04 bits per heavy atom. The summed E-state index contributed by atoms with van der Waals surface area (Å²) in [7, 11) is 1.59. The smallest absolute Gasteiger partial charge is 0.242 e. The average Bonchev–Trinajstić information content (AvgIpc) is 2.62. The molecule has 4 heteroatoms. The van der Waals surface area contributed by atoms with E-state index in [0.717, 1.165) is 17.5 Å². The second-order valence-corrected chi connectivity index (χ2v) is 5.78. The minimum absolute atomic E-state index is 0.0340. The lowest BCUT2D eigenvalue weighted by molar-refractivity contribution is -0.139. The molecule has 0 saturated heterocycles. The van der Waals surface area contributed by atoms with Gasteiger partial charge in [0.25, 0.3) is 0 Å². The van der Waals surface area contributed by atoms with Crippen LogP contribution in [-0.4, -0.2) is 36.3 Å². The van der Waals surface area contributed by atoms with Crippen LogP contribution in [-0.2, 0) is 22.4 Å². The molecule has 0 aliphatic carbocycles. The molecule has 1 N–H and O–H groups in total. The van der Waals surface area contributed by atoms with Gasteiger partial charge in [-0.3, -0.25) is 9.59 Å². The van der Waals surface area contributed by atoms with Crippen molar-refractivity contribution >= 4 is 11.8 Å². The summed E-state index contributed by atoms with van der Waals surface area (Å²) in [5, 5.41) is 2.63. The minimum atomic E-state index is -0.491. The quantitative estimate of drug-likeness (QED) is 0.850. The van der Waals surface area contributed by atoms with Crippen LogP contribution >= 0.6 is 0 Å². The second kappa shape index (κ2) is 8.87. The summed E-state index contributed by atoms with van der Waals surface area (Å²) in [4.78, 5) is 26.4. The highest BCUT2D eigenvalue weighted by molar-refractivity contribution is 5.88. The Kier molecular flexibility index (Phi) is 6.55. The summed E-state index contributed by atoms with van der Waals surface area (Å²) in [5.74, 6) is -0.183. The molecule has 1 unspecified atom stereocenters. The number of hydrogen-bond donors (Lipinski definition) is 1. The Morgan fingerprint density at radius 1 is 0.958 bits per heavy atom. The average molecular weight is 324 g/mol. The Bertz CT molecular complexity index is 656. The van der Waals surface area contributed by atoms with E-state index in [4.69, 9.17) is 0 Å². The normalized spacial score (nSPS) is 11.6. The molecule has 0 bridgehead atoms. The van der Waals surface area contributed by atoms with Gasteiger partial charge in [0, 0.05) is 13.6 Å². The SMILES string of the molecule is CNC(=O)C(C)N(CCc1ccccc1)C(=O)Cc1ccccc1. The third kappa shape index (κ3) is 4.95.